The molecule has 0 radical (unpaired) electrons. The van der Waals surface area contributed by atoms with Crippen LogP contribution in [-0.2, 0) is 0 Å². The molecule has 0 aliphatic heterocycles. The summed E-state index contributed by atoms with van der Waals surface area (Å²) in [6, 6.07) is 0. The third-order valence-corrected chi connectivity index (χ3v) is 0.835. The summed E-state index contributed by atoms with van der Waals surface area (Å²) in [5.74, 6) is 0. The minimum atomic E-state index is 0.198. The fourth-order valence-corrected chi connectivity index (χ4v) is 0.463. The highest BCUT2D eigenvalue weighted by Gasteiger charge is 1.82. The molecule has 0 aromatic heterocycles. The molecule has 0 bridgehead atoms. The summed E-state index contributed by atoms with van der Waals surface area (Å²) in [6.07, 6.45) is 4.50. The fraction of sp³-hybridized carbons (Fsp3) is 0.429. The SMILES string of the molecule is C=C(/C=C\C)CCO. The average molecular weight is 112 g/mol. The molecule has 0 aromatic carbocycles. The molecule has 1 heteroatoms. The van der Waals surface area contributed by atoms with Gasteiger partial charge in [0.15, 0.2) is 0 Å². The van der Waals surface area contributed by atoms with Gasteiger partial charge < -0.3 is 5.11 Å². The van der Waals surface area contributed by atoms with Gasteiger partial charge in [0.2, 0.25) is 0 Å². The molecule has 0 rings (SSSR count). The van der Waals surface area contributed by atoms with Crippen molar-refractivity contribution < 1.29 is 5.11 Å². The zero-order chi connectivity index (χ0) is 6.41. The second-order valence-electron chi connectivity index (χ2n) is 1.63. The van der Waals surface area contributed by atoms with Crippen LogP contribution in [0.3, 0.4) is 0 Å². The van der Waals surface area contributed by atoms with Gasteiger partial charge >= 0.3 is 0 Å². The monoisotopic (exact) mass is 112 g/mol. The lowest BCUT2D eigenvalue weighted by atomic mass is 10.2. The van der Waals surface area contributed by atoms with Gasteiger partial charge in [-0.2, -0.15) is 0 Å². The van der Waals surface area contributed by atoms with Gasteiger partial charge in [0.1, 0.15) is 0 Å². The third-order valence-electron chi connectivity index (χ3n) is 0.835. The first-order valence-corrected chi connectivity index (χ1v) is 2.72. The molecule has 0 atom stereocenters. The van der Waals surface area contributed by atoms with E-state index >= 15 is 0 Å². The number of aliphatic hydroxyl groups is 1. The van der Waals surface area contributed by atoms with Crippen molar-refractivity contribution in [1.29, 1.82) is 0 Å². The topological polar surface area (TPSA) is 20.2 Å². The number of hydrogen-bond acceptors (Lipinski definition) is 1. The number of allylic oxidation sites excluding steroid dienone is 2. The molecule has 0 saturated carbocycles. The van der Waals surface area contributed by atoms with E-state index in [1.165, 1.54) is 0 Å². The Labute approximate surface area is 50.3 Å². The molecule has 0 saturated heterocycles. The van der Waals surface area contributed by atoms with E-state index in [2.05, 4.69) is 6.58 Å². The largest absolute Gasteiger partial charge is 0.396 e. The van der Waals surface area contributed by atoms with Gasteiger partial charge in [0, 0.05) is 6.61 Å². The summed E-state index contributed by atoms with van der Waals surface area (Å²) in [6.45, 7) is 5.82. The maximum Gasteiger partial charge on any atom is 0.0471 e. The molecule has 0 spiro atoms. The van der Waals surface area contributed by atoms with Crippen LogP contribution in [0.25, 0.3) is 0 Å². The molecular weight excluding hydrogens is 100 g/mol. The summed E-state index contributed by atoms with van der Waals surface area (Å²) in [4.78, 5) is 0. The zero-order valence-corrected chi connectivity index (χ0v) is 5.22. The quantitative estimate of drug-likeness (QED) is 0.548. The third kappa shape index (κ3) is 3.62. The van der Waals surface area contributed by atoms with Gasteiger partial charge in [-0.15, -0.1) is 0 Å². The van der Waals surface area contributed by atoms with Crippen LogP contribution in [0.5, 0.6) is 0 Å². The van der Waals surface area contributed by atoms with E-state index in [4.69, 9.17) is 5.11 Å². The van der Waals surface area contributed by atoms with Crippen molar-refractivity contribution in [2.75, 3.05) is 6.61 Å². The fourth-order valence-electron chi connectivity index (χ4n) is 0.463. The van der Waals surface area contributed by atoms with Crippen LogP contribution < -0.4 is 0 Å². The highest BCUT2D eigenvalue weighted by Crippen LogP contribution is 1.96. The molecule has 0 amide bonds. The zero-order valence-electron chi connectivity index (χ0n) is 5.22. The second-order valence-corrected chi connectivity index (χ2v) is 1.63. The van der Waals surface area contributed by atoms with E-state index in [0.717, 1.165) is 5.57 Å². The minimum Gasteiger partial charge on any atom is -0.396 e. The van der Waals surface area contributed by atoms with E-state index in [1.54, 1.807) is 0 Å². The minimum absolute atomic E-state index is 0.198. The Bertz CT molecular complexity index is 92.6. The molecule has 1 nitrogen and oxygen atoms in total. The van der Waals surface area contributed by atoms with Gasteiger partial charge in [-0.1, -0.05) is 24.3 Å². The summed E-state index contributed by atoms with van der Waals surface area (Å²) in [5, 5.41) is 8.37. The van der Waals surface area contributed by atoms with E-state index in [1.807, 2.05) is 19.1 Å². The van der Waals surface area contributed by atoms with E-state index in [9.17, 15) is 0 Å². The Kier molecular flexibility index (Phi) is 4.27. The molecule has 0 aliphatic carbocycles. The van der Waals surface area contributed by atoms with Crippen molar-refractivity contribution in [2.24, 2.45) is 0 Å². The first-order valence-electron chi connectivity index (χ1n) is 2.72. The lowest BCUT2D eigenvalue weighted by Gasteiger charge is -1.91. The Morgan fingerprint density at radius 3 is 2.75 bits per heavy atom. The van der Waals surface area contributed by atoms with Gasteiger partial charge in [0.25, 0.3) is 0 Å². The molecule has 0 unspecified atom stereocenters. The Hall–Kier alpha value is -0.560. The van der Waals surface area contributed by atoms with E-state index in [0.29, 0.717) is 6.42 Å². The van der Waals surface area contributed by atoms with Crippen LogP contribution in [0.2, 0.25) is 0 Å². The highest BCUT2D eigenvalue weighted by atomic mass is 16.2. The van der Waals surface area contributed by atoms with Crippen LogP contribution in [0.15, 0.2) is 24.3 Å². The molecule has 46 valence electrons. The van der Waals surface area contributed by atoms with Gasteiger partial charge in [-0.25, -0.2) is 0 Å². The molecule has 0 aromatic rings. The Morgan fingerprint density at radius 2 is 2.38 bits per heavy atom. The predicted molar refractivity (Wildman–Crippen MR) is 35.7 cm³/mol. The van der Waals surface area contributed by atoms with Gasteiger partial charge in [-0.05, 0) is 13.3 Å². The van der Waals surface area contributed by atoms with Crippen molar-refractivity contribution in [1.82, 2.24) is 0 Å². The maximum atomic E-state index is 8.37. The van der Waals surface area contributed by atoms with Gasteiger partial charge in [0.05, 0.1) is 0 Å². The lowest BCUT2D eigenvalue weighted by molar-refractivity contribution is 0.300. The van der Waals surface area contributed by atoms with Crippen molar-refractivity contribution in [2.45, 2.75) is 13.3 Å². The predicted octanol–water partition coefficient (Wildman–Crippen LogP) is 1.50. The van der Waals surface area contributed by atoms with Crippen LogP contribution in [-0.4, -0.2) is 11.7 Å². The number of hydrogen-bond donors (Lipinski definition) is 1. The normalized spacial score (nSPS) is 10.2. The Morgan fingerprint density at radius 1 is 1.75 bits per heavy atom. The first kappa shape index (κ1) is 7.44. The summed E-state index contributed by atoms with van der Waals surface area (Å²) < 4.78 is 0. The molecule has 0 heterocycles. The highest BCUT2D eigenvalue weighted by molar-refractivity contribution is 5.12. The first-order chi connectivity index (χ1) is 3.81. The molecule has 8 heavy (non-hydrogen) atoms. The van der Waals surface area contributed by atoms with Crippen LogP contribution in [0, 0.1) is 0 Å². The van der Waals surface area contributed by atoms with E-state index < -0.39 is 0 Å². The summed E-state index contributed by atoms with van der Waals surface area (Å²) >= 11 is 0. The average Bonchev–Trinajstić information content (AvgIpc) is 1.68. The van der Waals surface area contributed by atoms with Crippen LogP contribution >= 0.6 is 0 Å². The van der Waals surface area contributed by atoms with E-state index in [-0.39, 0.29) is 6.61 Å². The Balaban J connectivity index is 3.33. The molecule has 0 fully saturated rings. The summed E-state index contributed by atoms with van der Waals surface area (Å²) in [5.41, 5.74) is 0.981. The van der Waals surface area contributed by atoms with Crippen molar-refractivity contribution >= 4 is 0 Å². The standard InChI is InChI=1S/C7H12O/c1-3-4-7(2)5-6-8/h3-4,8H,2,5-6H2,1H3/b4-3-. The molecule has 0 aliphatic rings. The maximum absolute atomic E-state index is 8.37. The van der Waals surface area contributed by atoms with Crippen molar-refractivity contribution in [3.63, 3.8) is 0 Å². The second kappa shape index (κ2) is 4.60. The van der Waals surface area contributed by atoms with Gasteiger partial charge in [-0.3, -0.25) is 0 Å². The number of rotatable bonds is 3. The smallest absolute Gasteiger partial charge is 0.0471 e. The summed E-state index contributed by atoms with van der Waals surface area (Å²) in [7, 11) is 0. The molecular formula is C7H12O. The van der Waals surface area contributed by atoms with Crippen LogP contribution in [0.4, 0.5) is 0 Å². The lowest BCUT2D eigenvalue weighted by Crippen LogP contribution is -1.81. The molecule has 1 N–H and O–H groups in total. The van der Waals surface area contributed by atoms with Crippen molar-refractivity contribution in [3.05, 3.63) is 24.3 Å². The van der Waals surface area contributed by atoms with Crippen molar-refractivity contribution in [3.8, 4) is 0 Å². The number of aliphatic hydroxyl groups excluding tert-OH is 1. The van der Waals surface area contributed by atoms with Crippen LogP contribution in [0.1, 0.15) is 13.3 Å².